The standard InChI is InChI=1S/C57H33N3O2/c1-2-9-34(10-3-1)37-19-20-40-31-43(22-21-38(40)30-37)55-58-56(44-24-26-45-42(32-44)25-28-51-53(45)46-13-6-7-15-49(46)61-51)60-57(59-55)48-14-8-16-50-54(48)47-27-23-41(33-52(47)62-50)39-18-17-35-11-4-5-12-36(35)29-39/h1-33H. The topological polar surface area (TPSA) is 65.0 Å². The summed E-state index contributed by atoms with van der Waals surface area (Å²) in [5.41, 5.74) is 10.6. The number of hydrogen-bond donors (Lipinski definition) is 0. The predicted molar refractivity (Wildman–Crippen MR) is 254 cm³/mol. The minimum atomic E-state index is 0.577. The third-order valence-electron chi connectivity index (χ3n) is 12.3. The summed E-state index contributed by atoms with van der Waals surface area (Å²) in [6.07, 6.45) is 0. The summed E-state index contributed by atoms with van der Waals surface area (Å²) in [5.74, 6) is 1.76. The van der Waals surface area contributed by atoms with Crippen molar-refractivity contribution < 1.29 is 8.83 Å². The molecular weight excluding hydrogens is 759 g/mol. The average molecular weight is 792 g/mol. The molecule has 288 valence electrons. The SMILES string of the molecule is c1ccc(-c2ccc3cc(-c4nc(-c5ccc6c(ccc7oc8ccccc8c76)c5)nc(-c5cccc6oc7cc(-c8ccc9ccccc9c8)ccc7c56)n4)ccc3c2)cc1. The van der Waals surface area contributed by atoms with Gasteiger partial charge in [0.1, 0.15) is 22.3 Å². The first kappa shape index (κ1) is 34.5. The second kappa shape index (κ2) is 13.6. The van der Waals surface area contributed by atoms with Gasteiger partial charge in [-0.05, 0) is 109 Å². The molecule has 0 saturated carbocycles. The van der Waals surface area contributed by atoms with Gasteiger partial charge in [0.05, 0.1) is 0 Å². The first-order valence-corrected chi connectivity index (χ1v) is 20.8. The zero-order valence-electron chi connectivity index (χ0n) is 33.2. The van der Waals surface area contributed by atoms with Gasteiger partial charge in [-0.3, -0.25) is 0 Å². The maximum Gasteiger partial charge on any atom is 0.164 e. The van der Waals surface area contributed by atoms with Crippen molar-refractivity contribution in [2.24, 2.45) is 0 Å². The Labute approximate surface area is 355 Å². The van der Waals surface area contributed by atoms with Crippen LogP contribution in [0.5, 0.6) is 0 Å². The Morgan fingerprint density at radius 3 is 1.61 bits per heavy atom. The molecule has 10 aromatic carbocycles. The van der Waals surface area contributed by atoms with Gasteiger partial charge in [-0.2, -0.15) is 0 Å². The molecule has 0 amide bonds. The van der Waals surface area contributed by atoms with Crippen LogP contribution in [0.4, 0.5) is 0 Å². The summed E-state index contributed by atoms with van der Waals surface area (Å²) in [7, 11) is 0. The molecule has 5 nitrogen and oxygen atoms in total. The lowest BCUT2D eigenvalue weighted by Crippen LogP contribution is -2.00. The molecule has 0 unspecified atom stereocenters. The van der Waals surface area contributed by atoms with E-state index in [1.807, 2.05) is 30.3 Å². The lowest BCUT2D eigenvalue weighted by molar-refractivity contribution is 0.669. The zero-order chi connectivity index (χ0) is 40.7. The lowest BCUT2D eigenvalue weighted by atomic mass is 9.99. The summed E-state index contributed by atoms with van der Waals surface area (Å²) in [6, 6.07) is 70.0. The monoisotopic (exact) mass is 791 g/mol. The van der Waals surface area contributed by atoms with Crippen molar-refractivity contribution in [3.05, 3.63) is 200 Å². The van der Waals surface area contributed by atoms with Crippen molar-refractivity contribution in [3.8, 4) is 56.4 Å². The van der Waals surface area contributed by atoms with E-state index in [1.165, 1.54) is 21.9 Å². The summed E-state index contributed by atoms with van der Waals surface area (Å²) < 4.78 is 12.8. The van der Waals surface area contributed by atoms with Gasteiger partial charge in [0.15, 0.2) is 17.5 Å². The Morgan fingerprint density at radius 1 is 0.258 bits per heavy atom. The number of nitrogens with zero attached hydrogens (tertiary/aromatic N) is 3. The number of rotatable bonds is 5. The predicted octanol–water partition coefficient (Wildman–Crippen LogP) is 15.5. The largest absolute Gasteiger partial charge is 0.456 e. The van der Waals surface area contributed by atoms with Crippen LogP contribution < -0.4 is 0 Å². The van der Waals surface area contributed by atoms with Crippen LogP contribution in [0.1, 0.15) is 0 Å². The van der Waals surface area contributed by atoms with Gasteiger partial charge in [0, 0.05) is 38.2 Å². The van der Waals surface area contributed by atoms with Gasteiger partial charge in [0.25, 0.3) is 0 Å². The van der Waals surface area contributed by atoms with Crippen LogP contribution in [0.2, 0.25) is 0 Å². The Hall–Kier alpha value is -8.41. The Kier molecular flexibility index (Phi) is 7.54. The molecule has 0 spiro atoms. The fourth-order valence-electron chi connectivity index (χ4n) is 9.20. The highest BCUT2D eigenvalue weighted by Crippen LogP contribution is 2.40. The molecule has 0 radical (unpaired) electrons. The molecule has 0 bridgehead atoms. The molecule has 0 aliphatic carbocycles. The van der Waals surface area contributed by atoms with Crippen LogP contribution >= 0.6 is 0 Å². The Morgan fingerprint density at radius 2 is 0.774 bits per heavy atom. The van der Waals surface area contributed by atoms with Crippen LogP contribution in [0.15, 0.2) is 209 Å². The third kappa shape index (κ3) is 5.60. The molecule has 5 heteroatoms. The first-order valence-electron chi connectivity index (χ1n) is 20.8. The van der Waals surface area contributed by atoms with Crippen molar-refractivity contribution in [2.75, 3.05) is 0 Å². The highest BCUT2D eigenvalue weighted by molar-refractivity contribution is 6.19. The van der Waals surface area contributed by atoms with E-state index < -0.39 is 0 Å². The molecular formula is C57H33N3O2. The fourth-order valence-corrected chi connectivity index (χ4v) is 9.20. The number of fused-ring (bicyclic) bond motifs is 10. The second-order valence-electron chi connectivity index (χ2n) is 16.0. The second-order valence-corrected chi connectivity index (χ2v) is 16.0. The Balaban J connectivity index is 0.981. The fraction of sp³-hybridized carbons (Fsp3) is 0. The van der Waals surface area contributed by atoms with E-state index in [0.29, 0.717) is 17.5 Å². The molecule has 3 aromatic heterocycles. The van der Waals surface area contributed by atoms with E-state index in [2.05, 4.69) is 170 Å². The summed E-state index contributed by atoms with van der Waals surface area (Å²) in [5, 5.41) is 11.1. The molecule has 3 heterocycles. The van der Waals surface area contributed by atoms with Crippen LogP contribution in [0, 0.1) is 0 Å². The molecule has 0 aliphatic rings. The van der Waals surface area contributed by atoms with Crippen molar-refractivity contribution in [3.63, 3.8) is 0 Å². The molecule has 13 aromatic rings. The summed E-state index contributed by atoms with van der Waals surface area (Å²) in [6.45, 7) is 0. The highest BCUT2D eigenvalue weighted by Gasteiger charge is 2.20. The van der Waals surface area contributed by atoms with Gasteiger partial charge in [-0.25, -0.2) is 15.0 Å². The van der Waals surface area contributed by atoms with Crippen LogP contribution in [0.3, 0.4) is 0 Å². The average Bonchev–Trinajstić information content (AvgIpc) is 3.92. The van der Waals surface area contributed by atoms with Gasteiger partial charge in [-0.15, -0.1) is 0 Å². The normalized spacial score (nSPS) is 11.9. The van der Waals surface area contributed by atoms with Crippen LogP contribution in [0.25, 0.3) is 133 Å². The molecule has 0 atom stereocenters. The number of furan rings is 2. The van der Waals surface area contributed by atoms with E-state index in [9.17, 15) is 0 Å². The molecule has 0 N–H and O–H groups in total. The minimum Gasteiger partial charge on any atom is -0.456 e. The summed E-state index contributed by atoms with van der Waals surface area (Å²) >= 11 is 0. The molecule has 13 rings (SSSR count). The number of hydrogen-bond acceptors (Lipinski definition) is 5. The first-order chi connectivity index (χ1) is 30.7. The lowest BCUT2D eigenvalue weighted by Gasteiger charge is -2.11. The number of aromatic nitrogens is 3. The van der Waals surface area contributed by atoms with Crippen molar-refractivity contribution >= 4 is 76.2 Å². The highest BCUT2D eigenvalue weighted by atomic mass is 16.3. The van der Waals surface area contributed by atoms with E-state index in [0.717, 1.165) is 93.2 Å². The maximum absolute atomic E-state index is 6.61. The van der Waals surface area contributed by atoms with E-state index in [1.54, 1.807) is 0 Å². The van der Waals surface area contributed by atoms with Crippen molar-refractivity contribution in [1.82, 2.24) is 15.0 Å². The Bertz CT molecular complexity index is 3940. The van der Waals surface area contributed by atoms with E-state index in [-0.39, 0.29) is 0 Å². The quantitative estimate of drug-likeness (QED) is 0.174. The minimum absolute atomic E-state index is 0.577. The van der Waals surface area contributed by atoms with Crippen molar-refractivity contribution in [2.45, 2.75) is 0 Å². The van der Waals surface area contributed by atoms with Crippen LogP contribution in [-0.2, 0) is 0 Å². The van der Waals surface area contributed by atoms with E-state index in [4.69, 9.17) is 23.8 Å². The molecule has 0 fully saturated rings. The molecule has 0 aliphatic heterocycles. The summed E-state index contributed by atoms with van der Waals surface area (Å²) in [4.78, 5) is 15.7. The van der Waals surface area contributed by atoms with Crippen LogP contribution in [-0.4, -0.2) is 15.0 Å². The van der Waals surface area contributed by atoms with Gasteiger partial charge in [-0.1, -0.05) is 146 Å². The number of para-hydroxylation sites is 1. The smallest absolute Gasteiger partial charge is 0.164 e. The van der Waals surface area contributed by atoms with Gasteiger partial charge >= 0.3 is 0 Å². The third-order valence-corrected chi connectivity index (χ3v) is 12.3. The molecule has 0 saturated heterocycles. The zero-order valence-corrected chi connectivity index (χ0v) is 33.2. The maximum atomic E-state index is 6.61. The molecule has 62 heavy (non-hydrogen) atoms. The van der Waals surface area contributed by atoms with Gasteiger partial charge in [0.2, 0.25) is 0 Å². The van der Waals surface area contributed by atoms with E-state index >= 15 is 0 Å². The number of benzene rings is 10. The van der Waals surface area contributed by atoms with Gasteiger partial charge < -0.3 is 8.83 Å². The van der Waals surface area contributed by atoms with Crippen molar-refractivity contribution in [1.29, 1.82) is 0 Å².